The molecule has 1 aromatic heterocycles. The first kappa shape index (κ1) is 22.5. The number of rotatable bonds is 8. The zero-order chi connectivity index (χ0) is 22.7. The maximum absolute atomic E-state index is 9.50. The molecule has 0 atom stereocenters. The van der Waals surface area contributed by atoms with Crippen LogP contribution in [-0.2, 0) is 19.6 Å². The number of hydrogen-bond acceptors (Lipinski definition) is 7. The number of halogens is 1. The van der Waals surface area contributed by atoms with E-state index >= 15 is 0 Å². The second-order valence-electron chi connectivity index (χ2n) is 8.17. The molecule has 3 N–H and O–H groups in total. The number of nitrogens with one attached hydrogen (secondary N) is 1. The average Bonchev–Trinajstić information content (AvgIpc) is 3.26. The van der Waals surface area contributed by atoms with E-state index in [0.717, 1.165) is 28.1 Å². The summed E-state index contributed by atoms with van der Waals surface area (Å²) in [4.78, 5) is 11.4. The lowest BCUT2D eigenvalue weighted by Crippen LogP contribution is -2.48. The van der Waals surface area contributed by atoms with Gasteiger partial charge in [0, 0.05) is 5.56 Å². The van der Waals surface area contributed by atoms with Gasteiger partial charge in [0.05, 0.1) is 67.5 Å². The molecule has 168 valence electrons. The van der Waals surface area contributed by atoms with Crippen LogP contribution in [0.3, 0.4) is 0 Å². The second kappa shape index (κ2) is 9.42. The van der Waals surface area contributed by atoms with Crippen LogP contribution < -0.4 is 15.0 Å². The van der Waals surface area contributed by atoms with Crippen molar-refractivity contribution in [2.45, 2.75) is 32.1 Å². The van der Waals surface area contributed by atoms with Gasteiger partial charge in [-0.3, -0.25) is 0 Å². The number of anilines is 1. The zero-order valence-corrected chi connectivity index (χ0v) is 18.9. The lowest BCUT2D eigenvalue weighted by molar-refractivity contribution is 0.102. The van der Waals surface area contributed by atoms with Crippen LogP contribution in [0.15, 0.2) is 48.5 Å². The summed E-state index contributed by atoms with van der Waals surface area (Å²) in [6.45, 7) is 2.81. The number of benzene rings is 2. The van der Waals surface area contributed by atoms with Crippen molar-refractivity contribution >= 4 is 17.3 Å². The molecule has 0 fully saturated rings. The maximum atomic E-state index is 9.50. The minimum atomic E-state index is -0.812. The molecule has 8 heteroatoms. The number of hydrogen-bond donors (Lipinski definition) is 3. The van der Waals surface area contributed by atoms with E-state index in [9.17, 15) is 10.2 Å². The van der Waals surface area contributed by atoms with Crippen LogP contribution in [0.25, 0.3) is 11.1 Å². The summed E-state index contributed by atoms with van der Waals surface area (Å²) in [5, 5.41) is 22.8. The molecule has 7 nitrogen and oxygen atoms in total. The zero-order valence-electron chi connectivity index (χ0n) is 18.2. The number of fused-ring (bicyclic) bond motifs is 1. The molecule has 1 aliphatic heterocycles. The molecular weight excluding hydrogens is 428 g/mol. The van der Waals surface area contributed by atoms with Gasteiger partial charge in [-0.15, -0.1) is 0 Å². The first-order valence-corrected chi connectivity index (χ1v) is 10.8. The Labute approximate surface area is 192 Å². The highest BCUT2D eigenvalue weighted by atomic mass is 35.5. The molecule has 0 saturated carbocycles. The number of ether oxygens (including phenoxy) is 1. The molecule has 0 unspecified atom stereocenters. The highest BCUT2D eigenvalue weighted by molar-refractivity contribution is 6.36. The largest absolute Gasteiger partial charge is 0.481 e. The Morgan fingerprint density at radius 1 is 1.06 bits per heavy atom. The highest BCUT2D eigenvalue weighted by Gasteiger charge is 2.29. The van der Waals surface area contributed by atoms with Crippen LogP contribution in [0.4, 0.5) is 5.69 Å². The van der Waals surface area contributed by atoms with Crippen molar-refractivity contribution in [2.24, 2.45) is 0 Å². The Morgan fingerprint density at radius 3 is 2.50 bits per heavy atom. The summed E-state index contributed by atoms with van der Waals surface area (Å²) >= 11 is 6.84. The fourth-order valence-corrected chi connectivity index (χ4v) is 4.11. The summed E-state index contributed by atoms with van der Waals surface area (Å²) in [6.07, 6.45) is 0. The average molecular weight is 455 g/mol. The van der Waals surface area contributed by atoms with Gasteiger partial charge < -0.3 is 25.2 Å². The minimum absolute atomic E-state index is 0.199. The first-order chi connectivity index (χ1) is 15.5. The Hall–Kier alpha value is -2.71. The Bertz CT molecular complexity index is 1090. The Balaban J connectivity index is 1.60. The van der Waals surface area contributed by atoms with Crippen molar-refractivity contribution < 1.29 is 14.9 Å². The van der Waals surface area contributed by atoms with Gasteiger partial charge in [0.15, 0.2) is 0 Å². The van der Waals surface area contributed by atoms with Gasteiger partial charge in [0.25, 0.3) is 0 Å². The van der Waals surface area contributed by atoms with Gasteiger partial charge >= 0.3 is 0 Å². The molecule has 0 aliphatic carbocycles. The maximum Gasteiger partial charge on any atom is 0.221 e. The fraction of sp³-hybridized carbons (Fsp3) is 0.333. The van der Waals surface area contributed by atoms with Gasteiger partial charge in [-0.25, -0.2) is 4.98 Å². The molecule has 0 spiro atoms. The number of aromatic nitrogens is 2. The predicted molar refractivity (Wildman–Crippen MR) is 125 cm³/mol. The van der Waals surface area contributed by atoms with Crippen LogP contribution in [0, 0.1) is 0 Å². The van der Waals surface area contributed by atoms with Crippen molar-refractivity contribution in [1.82, 2.24) is 15.3 Å². The third kappa shape index (κ3) is 4.42. The van der Waals surface area contributed by atoms with E-state index in [-0.39, 0.29) is 13.2 Å². The quantitative estimate of drug-likeness (QED) is 0.481. The van der Waals surface area contributed by atoms with Gasteiger partial charge in [-0.2, -0.15) is 4.98 Å². The molecule has 32 heavy (non-hydrogen) atoms. The monoisotopic (exact) mass is 454 g/mol. The summed E-state index contributed by atoms with van der Waals surface area (Å²) < 4.78 is 5.55. The van der Waals surface area contributed by atoms with Crippen molar-refractivity contribution in [3.8, 4) is 17.0 Å². The molecule has 0 amide bonds. The number of nitrogens with zero attached hydrogens (tertiary/aromatic N) is 3. The fourth-order valence-electron chi connectivity index (χ4n) is 3.75. The molecule has 2 aromatic carbocycles. The SMILES string of the molecule is COc1nc(CNC(C)(CO)CO)nc2c1CN(c1cccc(-c3ccccc3)c1Cl)C2. The van der Waals surface area contributed by atoms with E-state index in [0.29, 0.717) is 36.4 Å². The van der Waals surface area contributed by atoms with Crippen molar-refractivity contribution in [3.63, 3.8) is 0 Å². The molecule has 0 radical (unpaired) electrons. The van der Waals surface area contributed by atoms with E-state index in [1.807, 2.05) is 48.5 Å². The Morgan fingerprint density at radius 2 is 1.81 bits per heavy atom. The van der Waals surface area contributed by atoms with Crippen molar-refractivity contribution in [2.75, 3.05) is 25.2 Å². The summed E-state index contributed by atoms with van der Waals surface area (Å²) in [5.41, 5.74) is 3.98. The third-order valence-corrected chi connectivity index (χ3v) is 6.16. The van der Waals surface area contributed by atoms with Crippen LogP contribution in [0.2, 0.25) is 5.02 Å². The van der Waals surface area contributed by atoms with E-state index in [1.165, 1.54) is 0 Å². The molecule has 0 bridgehead atoms. The smallest absolute Gasteiger partial charge is 0.221 e. The van der Waals surface area contributed by atoms with Crippen LogP contribution >= 0.6 is 11.6 Å². The number of aliphatic hydroxyl groups excluding tert-OH is 2. The molecule has 0 saturated heterocycles. The second-order valence-corrected chi connectivity index (χ2v) is 8.54. The molecular formula is C24H27ClN4O3. The lowest BCUT2D eigenvalue weighted by atomic mass is 10.0. The standard InChI is InChI=1S/C24H27ClN4O3/c1-24(14-30,15-31)26-11-21-27-19-13-29(12-18(19)23(28-21)32-2)20-10-6-9-17(22(20)25)16-7-4-3-5-8-16/h3-10,26,30-31H,11-15H2,1-2H3. The van der Waals surface area contributed by atoms with E-state index < -0.39 is 5.54 Å². The molecule has 2 heterocycles. The van der Waals surface area contributed by atoms with Crippen LogP contribution in [-0.4, -0.2) is 46.0 Å². The molecule has 3 aromatic rings. The molecule has 1 aliphatic rings. The summed E-state index contributed by atoms with van der Waals surface area (Å²) in [7, 11) is 1.59. The van der Waals surface area contributed by atoms with Gasteiger partial charge in [0.1, 0.15) is 5.82 Å². The van der Waals surface area contributed by atoms with Gasteiger partial charge in [-0.1, -0.05) is 54.1 Å². The predicted octanol–water partition coefficient (Wildman–Crippen LogP) is 3.16. The molecule has 4 rings (SSSR count). The topological polar surface area (TPSA) is 90.7 Å². The Kier molecular flexibility index (Phi) is 6.62. The van der Waals surface area contributed by atoms with E-state index in [1.54, 1.807) is 14.0 Å². The summed E-state index contributed by atoms with van der Waals surface area (Å²) in [6, 6.07) is 16.1. The minimum Gasteiger partial charge on any atom is -0.481 e. The number of methoxy groups -OCH3 is 1. The normalized spacial score (nSPS) is 13.3. The van der Waals surface area contributed by atoms with E-state index in [4.69, 9.17) is 21.3 Å². The van der Waals surface area contributed by atoms with Crippen molar-refractivity contribution in [1.29, 1.82) is 0 Å². The van der Waals surface area contributed by atoms with Gasteiger partial charge in [0.2, 0.25) is 5.88 Å². The first-order valence-electron chi connectivity index (χ1n) is 10.5. The van der Waals surface area contributed by atoms with Crippen molar-refractivity contribution in [3.05, 3.63) is 70.6 Å². The van der Waals surface area contributed by atoms with Gasteiger partial charge in [-0.05, 0) is 18.6 Å². The van der Waals surface area contributed by atoms with E-state index in [2.05, 4.69) is 15.2 Å². The van der Waals surface area contributed by atoms with Crippen LogP contribution in [0.5, 0.6) is 5.88 Å². The number of aliphatic hydroxyl groups is 2. The van der Waals surface area contributed by atoms with Crippen LogP contribution in [0.1, 0.15) is 24.0 Å². The summed E-state index contributed by atoms with van der Waals surface area (Å²) in [5.74, 6) is 1.07. The highest BCUT2D eigenvalue weighted by Crippen LogP contribution is 2.40. The lowest BCUT2D eigenvalue weighted by Gasteiger charge is -2.25. The third-order valence-electron chi connectivity index (χ3n) is 5.76.